The SMILES string of the molecule is CCC1CCCC1Nc1ccc2c(c1)Cc1ccccc1-2. The molecule has 0 spiro atoms. The molecule has 0 radical (unpaired) electrons. The summed E-state index contributed by atoms with van der Waals surface area (Å²) in [6, 6.07) is 16.4. The Morgan fingerprint density at radius 2 is 1.86 bits per heavy atom. The van der Waals surface area contributed by atoms with E-state index in [-0.39, 0.29) is 0 Å². The van der Waals surface area contributed by atoms with E-state index in [0.717, 1.165) is 12.3 Å². The van der Waals surface area contributed by atoms with Gasteiger partial charge in [0.25, 0.3) is 0 Å². The highest BCUT2D eigenvalue weighted by molar-refractivity contribution is 5.78. The molecule has 1 saturated carbocycles. The fourth-order valence-corrected chi connectivity index (χ4v) is 4.16. The van der Waals surface area contributed by atoms with Crippen LogP contribution in [-0.2, 0) is 6.42 Å². The normalized spacial score (nSPS) is 22.9. The first-order chi connectivity index (χ1) is 10.3. The molecule has 0 saturated heterocycles. The molecule has 1 fully saturated rings. The van der Waals surface area contributed by atoms with Crippen molar-refractivity contribution < 1.29 is 0 Å². The average molecular weight is 277 g/mol. The number of benzene rings is 2. The highest BCUT2D eigenvalue weighted by atomic mass is 14.9. The van der Waals surface area contributed by atoms with Crippen LogP contribution in [0.4, 0.5) is 5.69 Å². The summed E-state index contributed by atoms with van der Waals surface area (Å²) < 4.78 is 0. The fraction of sp³-hybridized carbons (Fsp3) is 0.400. The van der Waals surface area contributed by atoms with E-state index in [1.165, 1.54) is 53.6 Å². The fourth-order valence-electron chi connectivity index (χ4n) is 4.16. The van der Waals surface area contributed by atoms with Crippen molar-refractivity contribution in [1.82, 2.24) is 0 Å². The molecule has 2 aromatic carbocycles. The first-order valence-electron chi connectivity index (χ1n) is 8.33. The third kappa shape index (κ3) is 2.25. The Hall–Kier alpha value is -1.76. The lowest BCUT2D eigenvalue weighted by molar-refractivity contribution is 0.489. The van der Waals surface area contributed by atoms with Gasteiger partial charge in [-0.15, -0.1) is 0 Å². The minimum Gasteiger partial charge on any atom is -0.382 e. The van der Waals surface area contributed by atoms with Crippen LogP contribution < -0.4 is 5.32 Å². The van der Waals surface area contributed by atoms with Gasteiger partial charge in [-0.3, -0.25) is 0 Å². The van der Waals surface area contributed by atoms with Gasteiger partial charge in [0.05, 0.1) is 0 Å². The third-order valence-electron chi connectivity index (χ3n) is 5.33. The third-order valence-corrected chi connectivity index (χ3v) is 5.33. The summed E-state index contributed by atoms with van der Waals surface area (Å²) in [7, 11) is 0. The van der Waals surface area contributed by atoms with Crippen LogP contribution in [0.2, 0.25) is 0 Å². The Bertz CT molecular complexity index is 659. The van der Waals surface area contributed by atoms with Crippen molar-refractivity contribution in [3.63, 3.8) is 0 Å². The Kier molecular flexibility index (Phi) is 3.21. The van der Waals surface area contributed by atoms with Crippen molar-refractivity contribution in [3.05, 3.63) is 53.6 Å². The van der Waals surface area contributed by atoms with Crippen molar-refractivity contribution in [1.29, 1.82) is 0 Å². The summed E-state index contributed by atoms with van der Waals surface area (Å²) in [5.41, 5.74) is 7.11. The molecule has 2 aromatic rings. The molecular formula is C20H23N. The van der Waals surface area contributed by atoms with Crippen LogP contribution in [0.3, 0.4) is 0 Å². The summed E-state index contributed by atoms with van der Waals surface area (Å²) in [5, 5.41) is 3.80. The Morgan fingerprint density at radius 3 is 2.76 bits per heavy atom. The van der Waals surface area contributed by atoms with E-state index in [0.29, 0.717) is 6.04 Å². The van der Waals surface area contributed by atoms with Gasteiger partial charge >= 0.3 is 0 Å². The zero-order valence-electron chi connectivity index (χ0n) is 12.7. The van der Waals surface area contributed by atoms with Crippen LogP contribution >= 0.6 is 0 Å². The molecule has 4 rings (SSSR count). The summed E-state index contributed by atoms with van der Waals surface area (Å²) in [4.78, 5) is 0. The van der Waals surface area contributed by atoms with Crippen molar-refractivity contribution >= 4 is 5.69 Å². The van der Waals surface area contributed by atoms with Crippen LogP contribution in [0.25, 0.3) is 11.1 Å². The zero-order valence-corrected chi connectivity index (χ0v) is 12.7. The van der Waals surface area contributed by atoms with E-state index < -0.39 is 0 Å². The van der Waals surface area contributed by atoms with Crippen LogP contribution in [0.1, 0.15) is 43.7 Å². The second kappa shape index (κ2) is 5.22. The maximum Gasteiger partial charge on any atom is 0.0345 e. The lowest BCUT2D eigenvalue weighted by atomic mass is 10.00. The van der Waals surface area contributed by atoms with E-state index in [1.54, 1.807) is 0 Å². The number of nitrogens with one attached hydrogen (secondary N) is 1. The predicted octanol–water partition coefficient (Wildman–Crippen LogP) is 5.25. The quantitative estimate of drug-likeness (QED) is 0.689. The minimum absolute atomic E-state index is 0.678. The molecule has 0 amide bonds. The van der Waals surface area contributed by atoms with Gasteiger partial charge in [0.15, 0.2) is 0 Å². The van der Waals surface area contributed by atoms with Crippen molar-refractivity contribution in [3.8, 4) is 11.1 Å². The molecule has 0 bridgehead atoms. The lowest BCUT2D eigenvalue weighted by Crippen LogP contribution is -2.23. The standard InChI is InChI=1S/C20H23N/c1-2-14-7-5-9-20(14)21-17-10-11-19-16(13-17)12-15-6-3-4-8-18(15)19/h3-4,6,8,10-11,13-14,20-21H,2,5,7,9,12H2,1H3. The number of anilines is 1. The second-order valence-electron chi connectivity index (χ2n) is 6.56. The molecular weight excluding hydrogens is 254 g/mol. The van der Waals surface area contributed by atoms with Crippen LogP contribution in [0.5, 0.6) is 0 Å². The zero-order chi connectivity index (χ0) is 14.2. The van der Waals surface area contributed by atoms with Gasteiger partial charge in [-0.1, -0.05) is 50.1 Å². The molecule has 108 valence electrons. The highest BCUT2D eigenvalue weighted by Crippen LogP contribution is 2.38. The van der Waals surface area contributed by atoms with Gasteiger partial charge in [0.2, 0.25) is 0 Å². The summed E-state index contributed by atoms with van der Waals surface area (Å²) in [5.74, 6) is 0.857. The second-order valence-corrected chi connectivity index (χ2v) is 6.56. The van der Waals surface area contributed by atoms with Gasteiger partial charge in [-0.2, -0.15) is 0 Å². The van der Waals surface area contributed by atoms with Crippen LogP contribution in [0, 0.1) is 5.92 Å². The van der Waals surface area contributed by atoms with E-state index >= 15 is 0 Å². The first kappa shape index (κ1) is 12.9. The number of hydrogen-bond donors (Lipinski definition) is 1. The monoisotopic (exact) mass is 277 g/mol. The van der Waals surface area contributed by atoms with E-state index in [1.807, 2.05) is 0 Å². The molecule has 0 heterocycles. The Labute approximate surface area is 127 Å². The average Bonchev–Trinajstić information content (AvgIpc) is 3.10. The molecule has 1 nitrogen and oxygen atoms in total. The minimum atomic E-state index is 0.678. The van der Waals surface area contributed by atoms with Gasteiger partial charge < -0.3 is 5.32 Å². The molecule has 0 aliphatic heterocycles. The van der Waals surface area contributed by atoms with Crippen molar-refractivity contribution in [2.45, 2.75) is 45.1 Å². The van der Waals surface area contributed by atoms with E-state index in [2.05, 4.69) is 54.7 Å². The van der Waals surface area contributed by atoms with E-state index in [9.17, 15) is 0 Å². The van der Waals surface area contributed by atoms with Crippen molar-refractivity contribution in [2.75, 3.05) is 5.32 Å². The van der Waals surface area contributed by atoms with E-state index in [4.69, 9.17) is 0 Å². The molecule has 2 aliphatic rings. The van der Waals surface area contributed by atoms with Gasteiger partial charge in [-0.05, 0) is 59.6 Å². The van der Waals surface area contributed by atoms with Crippen LogP contribution in [-0.4, -0.2) is 6.04 Å². The Balaban J connectivity index is 1.59. The molecule has 2 unspecified atom stereocenters. The molecule has 2 atom stereocenters. The highest BCUT2D eigenvalue weighted by Gasteiger charge is 2.26. The number of fused-ring (bicyclic) bond motifs is 3. The van der Waals surface area contributed by atoms with Crippen molar-refractivity contribution in [2.24, 2.45) is 5.92 Å². The summed E-state index contributed by atoms with van der Waals surface area (Å²) in [6.07, 6.45) is 6.49. The first-order valence-corrected chi connectivity index (χ1v) is 8.33. The molecule has 1 N–H and O–H groups in total. The summed E-state index contributed by atoms with van der Waals surface area (Å²) in [6.45, 7) is 2.32. The maximum atomic E-state index is 3.80. The topological polar surface area (TPSA) is 12.0 Å². The lowest BCUT2D eigenvalue weighted by Gasteiger charge is -2.21. The maximum absolute atomic E-state index is 3.80. The van der Waals surface area contributed by atoms with Crippen LogP contribution in [0.15, 0.2) is 42.5 Å². The molecule has 0 aromatic heterocycles. The van der Waals surface area contributed by atoms with Gasteiger partial charge in [-0.25, -0.2) is 0 Å². The smallest absolute Gasteiger partial charge is 0.0345 e. The summed E-state index contributed by atoms with van der Waals surface area (Å²) >= 11 is 0. The molecule has 2 aliphatic carbocycles. The number of hydrogen-bond acceptors (Lipinski definition) is 1. The largest absolute Gasteiger partial charge is 0.382 e. The molecule has 1 heteroatoms. The predicted molar refractivity (Wildman–Crippen MR) is 89.7 cm³/mol. The van der Waals surface area contributed by atoms with Gasteiger partial charge in [0.1, 0.15) is 0 Å². The molecule has 21 heavy (non-hydrogen) atoms. The van der Waals surface area contributed by atoms with Gasteiger partial charge in [0, 0.05) is 11.7 Å². The Morgan fingerprint density at radius 1 is 1.00 bits per heavy atom. The number of rotatable bonds is 3.